The molecular formula is C20H27FN4O3S. The number of hydrogen-bond donors (Lipinski definition) is 1. The zero-order valence-electron chi connectivity index (χ0n) is 16.9. The van der Waals surface area contributed by atoms with Crippen LogP contribution in [0.4, 0.5) is 15.8 Å². The number of carbonyl (C=O) groups excluding carboxylic acids is 1. The molecule has 0 aliphatic carbocycles. The maximum absolute atomic E-state index is 14.2. The van der Waals surface area contributed by atoms with Gasteiger partial charge in [-0.05, 0) is 30.7 Å². The van der Waals surface area contributed by atoms with E-state index in [1.54, 1.807) is 0 Å². The van der Waals surface area contributed by atoms with Crippen LogP contribution < -0.4 is 14.5 Å². The van der Waals surface area contributed by atoms with Crippen molar-refractivity contribution in [2.45, 2.75) is 6.42 Å². The Morgan fingerprint density at radius 2 is 1.62 bits per heavy atom. The molecule has 29 heavy (non-hydrogen) atoms. The minimum Gasteiger partial charge on any atom is -0.375 e. The first-order chi connectivity index (χ1) is 13.7. The van der Waals surface area contributed by atoms with Gasteiger partial charge in [0.15, 0.2) is 0 Å². The molecule has 2 rings (SSSR count). The van der Waals surface area contributed by atoms with Gasteiger partial charge >= 0.3 is 10.2 Å². The van der Waals surface area contributed by atoms with Gasteiger partial charge in [-0.3, -0.25) is 4.79 Å². The second-order valence-electron chi connectivity index (χ2n) is 6.71. The summed E-state index contributed by atoms with van der Waals surface area (Å²) in [5, 5.41) is 2.71. The average Bonchev–Trinajstić information content (AvgIpc) is 2.70. The molecule has 0 aliphatic heterocycles. The molecule has 9 heteroatoms. The van der Waals surface area contributed by atoms with E-state index in [9.17, 15) is 17.6 Å². The number of carbonyl (C=O) groups is 1. The predicted molar refractivity (Wildman–Crippen MR) is 114 cm³/mol. The van der Waals surface area contributed by atoms with E-state index in [0.29, 0.717) is 13.0 Å². The number of halogens is 1. The van der Waals surface area contributed by atoms with Crippen LogP contribution in [0.3, 0.4) is 0 Å². The molecule has 2 aromatic carbocycles. The highest BCUT2D eigenvalue weighted by Crippen LogP contribution is 2.22. The molecule has 1 N–H and O–H groups in total. The van der Waals surface area contributed by atoms with Gasteiger partial charge in [-0.1, -0.05) is 30.3 Å². The molecule has 0 fully saturated rings. The van der Waals surface area contributed by atoms with Crippen molar-refractivity contribution in [2.75, 3.05) is 50.0 Å². The van der Waals surface area contributed by atoms with E-state index in [0.717, 1.165) is 26.9 Å². The van der Waals surface area contributed by atoms with Crippen LogP contribution in [0.25, 0.3) is 0 Å². The molecule has 2 aromatic rings. The summed E-state index contributed by atoms with van der Waals surface area (Å²) in [4.78, 5) is 14.4. The Labute approximate surface area is 171 Å². The third kappa shape index (κ3) is 6.16. The van der Waals surface area contributed by atoms with Gasteiger partial charge in [-0.25, -0.2) is 8.70 Å². The van der Waals surface area contributed by atoms with Gasteiger partial charge in [-0.2, -0.15) is 12.7 Å². The maximum atomic E-state index is 14.2. The number of benzene rings is 2. The Morgan fingerprint density at radius 3 is 2.24 bits per heavy atom. The molecule has 0 aliphatic rings. The summed E-state index contributed by atoms with van der Waals surface area (Å²) < 4.78 is 41.1. The summed E-state index contributed by atoms with van der Waals surface area (Å²) in [5.41, 5.74) is 0.904. The highest BCUT2D eigenvalue weighted by molar-refractivity contribution is 7.90. The second-order valence-corrected chi connectivity index (χ2v) is 8.78. The van der Waals surface area contributed by atoms with Crippen LogP contribution in [-0.2, 0) is 15.0 Å². The minimum absolute atomic E-state index is 0.167. The van der Waals surface area contributed by atoms with Gasteiger partial charge < -0.3 is 10.2 Å². The third-order valence-corrected chi connectivity index (χ3v) is 6.14. The molecule has 0 aromatic heterocycles. The van der Waals surface area contributed by atoms with Crippen LogP contribution in [0.1, 0.15) is 6.42 Å². The highest BCUT2D eigenvalue weighted by Gasteiger charge is 2.29. The van der Waals surface area contributed by atoms with Crippen molar-refractivity contribution < 1.29 is 17.6 Å². The topological polar surface area (TPSA) is 73.0 Å². The van der Waals surface area contributed by atoms with Crippen LogP contribution in [0.5, 0.6) is 0 Å². The Kier molecular flexibility index (Phi) is 7.98. The van der Waals surface area contributed by atoms with Gasteiger partial charge in [-0.15, -0.1) is 0 Å². The van der Waals surface area contributed by atoms with Crippen molar-refractivity contribution in [3.05, 3.63) is 60.4 Å². The van der Waals surface area contributed by atoms with E-state index in [4.69, 9.17) is 0 Å². The summed E-state index contributed by atoms with van der Waals surface area (Å²) >= 11 is 0. The van der Waals surface area contributed by atoms with Gasteiger partial charge in [0.1, 0.15) is 12.4 Å². The SMILES string of the molecule is CN(CCCNC(=O)CN(c1ccccc1F)S(=O)(=O)N(C)C)c1ccccc1. The third-order valence-electron chi connectivity index (χ3n) is 4.34. The molecule has 0 spiro atoms. The van der Waals surface area contributed by atoms with Crippen LogP contribution in [0, 0.1) is 5.82 Å². The molecule has 1 amide bonds. The normalized spacial score (nSPS) is 11.3. The number of para-hydroxylation sites is 2. The number of anilines is 2. The van der Waals surface area contributed by atoms with Gasteiger partial charge in [0, 0.05) is 39.9 Å². The highest BCUT2D eigenvalue weighted by atomic mass is 32.2. The van der Waals surface area contributed by atoms with E-state index in [1.165, 1.54) is 32.3 Å². The molecule has 0 saturated heterocycles. The Hall–Kier alpha value is -2.65. The largest absolute Gasteiger partial charge is 0.375 e. The van der Waals surface area contributed by atoms with Crippen molar-refractivity contribution in [3.8, 4) is 0 Å². The molecule has 0 heterocycles. The molecule has 7 nitrogen and oxygen atoms in total. The summed E-state index contributed by atoms with van der Waals surface area (Å²) in [5.74, 6) is -1.21. The van der Waals surface area contributed by atoms with Crippen LogP contribution >= 0.6 is 0 Å². The summed E-state index contributed by atoms with van der Waals surface area (Å²) in [6, 6.07) is 15.3. The first kappa shape index (κ1) is 22.6. The van der Waals surface area contributed by atoms with Crippen molar-refractivity contribution in [3.63, 3.8) is 0 Å². The summed E-state index contributed by atoms with van der Waals surface area (Å²) in [7, 11) is 0.595. The molecule has 0 radical (unpaired) electrons. The van der Waals surface area contributed by atoms with Gasteiger partial charge in [0.05, 0.1) is 5.69 Å². The minimum atomic E-state index is -4.03. The Balaban J connectivity index is 1.95. The van der Waals surface area contributed by atoms with Crippen molar-refractivity contribution in [1.82, 2.24) is 9.62 Å². The molecule has 0 saturated carbocycles. The fourth-order valence-electron chi connectivity index (χ4n) is 2.68. The fourth-order valence-corrected chi connectivity index (χ4v) is 3.76. The van der Waals surface area contributed by atoms with E-state index in [2.05, 4.69) is 10.2 Å². The van der Waals surface area contributed by atoms with Gasteiger partial charge in [0.25, 0.3) is 0 Å². The zero-order valence-corrected chi connectivity index (χ0v) is 17.7. The number of amides is 1. The molecule has 0 unspecified atom stereocenters. The van der Waals surface area contributed by atoms with Crippen molar-refractivity contribution in [1.29, 1.82) is 0 Å². The Morgan fingerprint density at radius 1 is 1.00 bits per heavy atom. The zero-order chi connectivity index (χ0) is 21.4. The number of rotatable bonds is 10. The molecular weight excluding hydrogens is 395 g/mol. The van der Waals surface area contributed by atoms with Gasteiger partial charge in [0.2, 0.25) is 5.91 Å². The molecule has 158 valence electrons. The predicted octanol–water partition coefficient (Wildman–Crippen LogP) is 2.08. The Bertz CT molecular complexity index is 907. The van der Waals surface area contributed by atoms with Crippen molar-refractivity contribution >= 4 is 27.5 Å². The summed E-state index contributed by atoms with van der Waals surface area (Å²) in [6.45, 7) is 0.594. The lowest BCUT2D eigenvalue weighted by Gasteiger charge is -2.27. The second kappa shape index (κ2) is 10.2. The first-order valence-electron chi connectivity index (χ1n) is 9.21. The van der Waals surface area contributed by atoms with Crippen LogP contribution in [0.15, 0.2) is 54.6 Å². The molecule has 0 bridgehead atoms. The number of nitrogens with zero attached hydrogens (tertiary/aromatic N) is 3. The first-order valence-corrected chi connectivity index (χ1v) is 10.6. The number of nitrogens with one attached hydrogen (secondary N) is 1. The lowest BCUT2D eigenvalue weighted by atomic mass is 10.3. The fraction of sp³-hybridized carbons (Fsp3) is 0.350. The van der Waals surface area contributed by atoms with E-state index in [1.807, 2.05) is 37.4 Å². The van der Waals surface area contributed by atoms with Crippen LogP contribution in [0.2, 0.25) is 0 Å². The summed E-state index contributed by atoms with van der Waals surface area (Å²) in [6.07, 6.45) is 0.678. The van der Waals surface area contributed by atoms with E-state index >= 15 is 0 Å². The van der Waals surface area contributed by atoms with E-state index in [-0.39, 0.29) is 5.69 Å². The lowest BCUT2D eigenvalue weighted by molar-refractivity contribution is -0.119. The standard InChI is InChI=1S/C20H27FN4O3S/c1-23(2)29(27,28)25(19-13-8-7-12-18(19)21)16-20(26)22-14-9-15-24(3)17-10-5-4-6-11-17/h4-8,10-13H,9,14-16H2,1-3H3,(H,22,26). The average molecular weight is 423 g/mol. The van der Waals surface area contributed by atoms with E-state index < -0.39 is 28.5 Å². The molecule has 0 atom stereocenters. The van der Waals surface area contributed by atoms with Crippen LogP contribution in [-0.4, -0.2) is 59.4 Å². The lowest BCUT2D eigenvalue weighted by Crippen LogP contribution is -2.46. The van der Waals surface area contributed by atoms with Crippen molar-refractivity contribution in [2.24, 2.45) is 0 Å². The quantitative estimate of drug-likeness (QED) is 0.595. The maximum Gasteiger partial charge on any atom is 0.304 e. The monoisotopic (exact) mass is 422 g/mol. The number of hydrogen-bond acceptors (Lipinski definition) is 4. The smallest absolute Gasteiger partial charge is 0.304 e.